The monoisotopic (exact) mass is 320 g/mol. The van der Waals surface area contributed by atoms with Crippen LogP contribution in [0.3, 0.4) is 0 Å². The molecular weight excluding hydrogens is 304 g/mol. The zero-order valence-electron chi connectivity index (χ0n) is 13.1. The topological polar surface area (TPSA) is 99.9 Å². The molecule has 0 radical (unpaired) electrons. The molecule has 0 atom stereocenters. The van der Waals surface area contributed by atoms with Crippen molar-refractivity contribution in [2.24, 2.45) is 7.05 Å². The predicted octanol–water partition coefficient (Wildman–Crippen LogP) is 1.17. The number of nitrogens with zero attached hydrogens (tertiary/aromatic N) is 2. The quantitative estimate of drug-likeness (QED) is 0.882. The van der Waals surface area contributed by atoms with Crippen LogP contribution in [-0.2, 0) is 7.05 Å². The molecule has 2 rings (SSSR count). The number of methoxy groups -OCH3 is 3. The first kappa shape index (κ1) is 16.3. The molecule has 8 nitrogen and oxygen atoms in total. The lowest BCUT2D eigenvalue weighted by atomic mass is 10.0. The van der Waals surface area contributed by atoms with Gasteiger partial charge in [0.2, 0.25) is 5.75 Å². The van der Waals surface area contributed by atoms with E-state index in [0.29, 0.717) is 11.3 Å². The fourth-order valence-electron chi connectivity index (χ4n) is 2.21. The first-order chi connectivity index (χ1) is 10.9. The molecule has 0 fully saturated rings. The van der Waals surface area contributed by atoms with Crippen LogP contribution in [0, 0.1) is 0 Å². The maximum absolute atomic E-state index is 11.5. The largest absolute Gasteiger partial charge is 0.492 e. The Morgan fingerprint density at radius 1 is 1.09 bits per heavy atom. The van der Waals surface area contributed by atoms with Crippen LogP contribution < -0.4 is 19.8 Å². The number of aromatic carboxylic acids is 1. The lowest BCUT2D eigenvalue weighted by molar-refractivity contribution is 0.0692. The maximum atomic E-state index is 11.5. The Balaban J connectivity index is 2.86. The van der Waals surface area contributed by atoms with Crippen LogP contribution in [0.2, 0.25) is 0 Å². The molecule has 0 amide bonds. The average Bonchev–Trinajstić information content (AvgIpc) is 2.54. The van der Waals surface area contributed by atoms with Crippen LogP contribution in [0.5, 0.6) is 17.2 Å². The fourth-order valence-corrected chi connectivity index (χ4v) is 2.21. The van der Waals surface area contributed by atoms with E-state index >= 15 is 0 Å². The van der Waals surface area contributed by atoms with Crippen LogP contribution in [0.4, 0.5) is 0 Å². The molecule has 1 heterocycles. The Hall–Kier alpha value is -3.03. The van der Waals surface area contributed by atoms with Gasteiger partial charge in [-0.05, 0) is 12.1 Å². The van der Waals surface area contributed by atoms with Gasteiger partial charge in [-0.1, -0.05) is 0 Å². The second-order valence-electron chi connectivity index (χ2n) is 4.56. The van der Waals surface area contributed by atoms with E-state index in [1.165, 1.54) is 46.6 Å². The minimum absolute atomic E-state index is 0.0467. The van der Waals surface area contributed by atoms with Crippen molar-refractivity contribution in [3.05, 3.63) is 34.1 Å². The second-order valence-corrected chi connectivity index (χ2v) is 4.56. The zero-order chi connectivity index (χ0) is 17.1. The van der Waals surface area contributed by atoms with Crippen molar-refractivity contribution in [3.8, 4) is 28.5 Å². The molecule has 2 aromatic rings. The van der Waals surface area contributed by atoms with Crippen molar-refractivity contribution >= 4 is 5.97 Å². The van der Waals surface area contributed by atoms with Crippen molar-refractivity contribution in [3.63, 3.8) is 0 Å². The Labute approximate surface area is 131 Å². The molecule has 1 aromatic carbocycles. The summed E-state index contributed by atoms with van der Waals surface area (Å²) in [6.45, 7) is 0. The van der Waals surface area contributed by atoms with Gasteiger partial charge in [-0.3, -0.25) is 4.79 Å². The van der Waals surface area contributed by atoms with Gasteiger partial charge in [0.15, 0.2) is 11.5 Å². The van der Waals surface area contributed by atoms with E-state index in [4.69, 9.17) is 14.2 Å². The van der Waals surface area contributed by atoms with Crippen molar-refractivity contribution in [2.45, 2.75) is 0 Å². The molecule has 122 valence electrons. The zero-order valence-corrected chi connectivity index (χ0v) is 13.1. The highest BCUT2D eigenvalue weighted by molar-refractivity contribution is 5.95. The number of carboxylic acid groups (broad SMARTS) is 1. The van der Waals surface area contributed by atoms with Crippen LogP contribution in [-0.4, -0.2) is 42.2 Å². The number of benzene rings is 1. The highest BCUT2D eigenvalue weighted by Crippen LogP contribution is 2.46. The second kappa shape index (κ2) is 6.39. The normalized spacial score (nSPS) is 10.3. The van der Waals surface area contributed by atoms with E-state index in [1.54, 1.807) is 0 Å². The average molecular weight is 320 g/mol. The number of hydrogen-bond acceptors (Lipinski definition) is 6. The first-order valence-electron chi connectivity index (χ1n) is 6.55. The van der Waals surface area contributed by atoms with Gasteiger partial charge in [0, 0.05) is 18.7 Å². The number of ether oxygens (including phenoxy) is 3. The minimum Gasteiger partial charge on any atom is -0.492 e. The third kappa shape index (κ3) is 2.83. The fraction of sp³-hybridized carbons (Fsp3) is 0.267. The van der Waals surface area contributed by atoms with Gasteiger partial charge in [-0.25, -0.2) is 9.48 Å². The molecule has 8 heteroatoms. The van der Waals surface area contributed by atoms with Crippen molar-refractivity contribution < 1.29 is 24.1 Å². The van der Waals surface area contributed by atoms with Gasteiger partial charge >= 0.3 is 5.97 Å². The number of rotatable bonds is 5. The Morgan fingerprint density at radius 2 is 1.70 bits per heavy atom. The molecule has 0 saturated heterocycles. The highest BCUT2D eigenvalue weighted by Gasteiger charge is 2.25. The Bertz CT molecular complexity index is 812. The summed E-state index contributed by atoms with van der Waals surface area (Å²) in [6, 6.07) is 4.19. The standard InChI is InChI=1S/C15H16N2O6/c1-17-11(18)6-5-10(16-17)8-7-9(15(19)20)13(22-3)14(23-4)12(8)21-2/h5-7H,1-4H3,(H,19,20). The molecule has 1 N–H and O–H groups in total. The Kier molecular flexibility index (Phi) is 4.54. The van der Waals surface area contributed by atoms with Crippen LogP contribution in [0.1, 0.15) is 10.4 Å². The molecule has 0 aliphatic rings. The molecule has 0 aliphatic carbocycles. The minimum atomic E-state index is -1.19. The summed E-state index contributed by atoms with van der Waals surface area (Å²) in [4.78, 5) is 23.0. The van der Waals surface area contributed by atoms with E-state index in [0.717, 1.165) is 4.68 Å². The summed E-state index contributed by atoms with van der Waals surface area (Å²) in [5.41, 5.74) is 0.355. The van der Waals surface area contributed by atoms with Crippen LogP contribution in [0.15, 0.2) is 23.0 Å². The molecule has 0 unspecified atom stereocenters. The summed E-state index contributed by atoms with van der Waals surface area (Å²) < 4.78 is 16.9. The van der Waals surface area contributed by atoms with E-state index in [9.17, 15) is 14.7 Å². The van der Waals surface area contributed by atoms with Gasteiger partial charge in [0.05, 0.1) is 27.0 Å². The van der Waals surface area contributed by atoms with Crippen molar-refractivity contribution in [2.75, 3.05) is 21.3 Å². The number of aryl methyl sites for hydroxylation is 1. The van der Waals surface area contributed by atoms with Gasteiger partial charge in [0.25, 0.3) is 5.56 Å². The summed E-state index contributed by atoms with van der Waals surface area (Å²) in [5.74, 6) is -0.736. The number of carbonyl (C=O) groups is 1. The smallest absolute Gasteiger partial charge is 0.339 e. The highest BCUT2D eigenvalue weighted by atomic mass is 16.5. The van der Waals surface area contributed by atoms with Crippen LogP contribution >= 0.6 is 0 Å². The third-order valence-electron chi connectivity index (χ3n) is 3.27. The molecule has 0 spiro atoms. The van der Waals surface area contributed by atoms with Gasteiger partial charge in [-0.15, -0.1) is 0 Å². The lowest BCUT2D eigenvalue weighted by Crippen LogP contribution is -2.18. The molecule has 23 heavy (non-hydrogen) atoms. The summed E-state index contributed by atoms with van der Waals surface area (Å²) in [6.07, 6.45) is 0. The van der Waals surface area contributed by atoms with Gasteiger partial charge < -0.3 is 19.3 Å². The summed E-state index contributed by atoms with van der Waals surface area (Å²) >= 11 is 0. The summed E-state index contributed by atoms with van der Waals surface area (Å²) in [7, 11) is 5.64. The molecule has 0 aliphatic heterocycles. The first-order valence-corrected chi connectivity index (χ1v) is 6.55. The SMILES string of the molecule is COc1c(C(=O)O)cc(-c2ccc(=O)n(C)n2)c(OC)c1OC. The number of hydrogen-bond donors (Lipinski definition) is 1. The summed E-state index contributed by atoms with van der Waals surface area (Å²) in [5, 5.41) is 13.5. The number of carboxylic acids is 1. The van der Waals surface area contributed by atoms with E-state index < -0.39 is 5.97 Å². The maximum Gasteiger partial charge on any atom is 0.339 e. The van der Waals surface area contributed by atoms with Crippen molar-refractivity contribution in [1.82, 2.24) is 9.78 Å². The van der Waals surface area contributed by atoms with E-state index in [-0.39, 0.29) is 28.4 Å². The molecular formula is C15H16N2O6. The lowest BCUT2D eigenvalue weighted by Gasteiger charge is -2.17. The van der Waals surface area contributed by atoms with E-state index in [1.807, 2.05) is 0 Å². The molecule has 0 saturated carbocycles. The molecule has 0 bridgehead atoms. The third-order valence-corrected chi connectivity index (χ3v) is 3.27. The van der Waals surface area contributed by atoms with Gasteiger partial charge in [0.1, 0.15) is 5.56 Å². The Morgan fingerprint density at radius 3 is 2.17 bits per heavy atom. The predicted molar refractivity (Wildman–Crippen MR) is 81.5 cm³/mol. The number of aromatic nitrogens is 2. The van der Waals surface area contributed by atoms with Crippen molar-refractivity contribution in [1.29, 1.82) is 0 Å². The van der Waals surface area contributed by atoms with E-state index in [2.05, 4.69) is 5.10 Å². The van der Waals surface area contributed by atoms with Crippen LogP contribution in [0.25, 0.3) is 11.3 Å². The molecule has 1 aromatic heterocycles. The van der Waals surface area contributed by atoms with Gasteiger partial charge in [-0.2, -0.15) is 5.10 Å².